The smallest absolute Gasteiger partial charge is 0.231 e. The lowest BCUT2D eigenvalue weighted by atomic mass is 10.1. The number of aryl methyl sites for hydroxylation is 2. The maximum absolute atomic E-state index is 5.41. The van der Waals surface area contributed by atoms with Crippen LogP contribution in [0.3, 0.4) is 0 Å². The molecule has 1 aromatic heterocycles. The predicted octanol–water partition coefficient (Wildman–Crippen LogP) is 2.44. The summed E-state index contributed by atoms with van der Waals surface area (Å²) >= 11 is 1.76. The van der Waals surface area contributed by atoms with Crippen molar-refractivity contribution in [3.05, 3.63) is 39.3 Å². The zero-order chi connectivity index (χ0) is 17.6. The summed E-state index contributed by atoms with van der Waals surface area (Å²) in [6.07, 6.45) is 1.80. The fourth-order valence-corrected chi connectivity index (χ4v) is 3.51. The number of thiazole rings is 1. The number of benzene rings is 1. The first kappa shape index (κ1) is 17.5. The number of aromatic nitrogens is 1. The number of fused-ring (bicyclic) bond motifs is 1. The predicted molar refractivity (Wildman–Crippen MR) is 101 cm³/mol. The van der Waals surface area contributed by atoms with Crippen LogP contribution in [0, 0.1) is 13.8 Å². The van der Waals surface area contributed by atoms with E-state index >= 15 is 0 Å². The summed E-state index contributed by atoms with van der Waals surface area (Å²) in [7, 11) is 1.79. The molecule has 0 saturated carbocycles. The van der Waals surface area contributed by atoms with Crippen molar-refractivity contribution < 1.29 is 9.47 Å². The SMILES string of the molecule is CN=C(NCCc1ccc2c(c1)OCO2)NCCc1nc(C)c(C)s1. The van der Waals surface area contributed by atoms with Crippen molar-refractivity contribution >= 4 is 17.3 Å². The molecule has 2 N–H and O–H groups in total. The topological polar surface area (TPSA) is 67.8 Å². The van der Waals surface area contributed by atoms with E-state index in [9.17, 15) is 0 Å². The molecule has 0 fully saturated rings. The molecule has 25 heavy (non-hydrogen) atoms. The van der Waals surface area contributed by atoms with E-state index in [1.807, 2.05) is 12.1 Å². The van der Waals surface area contributed by atoms with Gasteiger partial charge in [0.15, 0.2) is 17.5 Å². The van der Waals surface area contributed by atoms with Crippen LogP contribution in [0.5, 0.6) is 11.5 Å². The van der Waals surface area contributed by atoms with Crippen molar-refractivity contribution in [2.45, 2.75) is 26.7 Å². The summed E-state index contributed by atoms with van der Waals surface area (Å²) in [6, 6.07) is 6.06. The number of guanidine groups is 1. The second-order valence-corrected chi connectivity index (χ2v) is 7.15. The quantitative estimate of drug-likeness (QED) is 0.612. The van der Waals surface area contributed by atoms with Crippen LogP contribution >= 0.6 is 11.3 Å². The van der Waals surface area contributed by atoms with Gasteiger partial charge < -0.3 is 20.1 Å². The average molecular weight is 360 g/mol. The lowest BCUT2D eigenvalue weighted by molar-refractivity contribution is 0.174. The molecule has 0 radical (unpaired) electrons. The lowest BCUT2D eigenvalue weighted by Crippen LogP contribution is -2.39. The molecule has 1 aromatic carbocycles. The standard InChI is InChI=1S/C18H24N4O2S/c1-12-13(2)25-17(22-12)7-9-21-18(19-3)20-8-6-14-4-5-15-16(10-14)24-11-23-15/h4-5,10H,6-9,11H2,1-3H3,(H2,19,20,21). The van der Waals surface area contributed by atoms with Crippen LogP contribution in [0.2, 0.25) is 0 Å². The van der Waals surface area contributed by atoms with Crippen molar-refractivity contribution in [3.63, 3.8) is 0 Å². The van der Waals surface area contributed by atoms with Gasteiger partial charge in [0.25, 0.3) is 0 Å². The fraction of sp³-hybridized carbons (Fsp3) is 0.444. The molecule has 7 heteroatoms. The van der Waals surface area contributed by atoms with Gasteiger partial charge in [-0.2, -0.15) is 0 Å². The summed E-state index contributed by atoms with van der Waals surface area (Å²) in [5.74, 6) is 2.46. The molecular formula is C18H24N4O2S. The van der Waals surface area contributed by atoms with Crippen LogP contribution in [0.15, 0.2) is 23.2 Å². The first-order chi connectivity index (χ1) is 12.2. The summed E-state index contributed by atoms with van der Waals surface area (Å²) in [4.78, 5) is 10.1. The van der Waals surface area contributed by atoms with Crippen LogP contribution in [-0.2, 0) is 12.8 Å². The Hall–Kier alpha value is -2.28. The Morgan fingerprint density at radius 1 is 1.16 bits per heavy atom. The third-order valence-corrected chi connectivity index (χ3v) is 5.20. The number of nitrogens with zero attached hydrogens (tertiary/aromatic N) is 2. The molecule has 1 aliphatic heterocycles. The molecule has 0 bridgehead atoms. The van der Waals surface area contributed by atoms with E-state index in [2.05, 4.69) is 40.5 Å². The van der Waals surface area contributed by atoms with Gasteiger partial charge in [-0.15, -0.1) is 11.3 Å². The van der Waals surface area contributed by atoms with Gasteiger partial charge in [0.1, 0.15) is 0 Å². The molecule has 6 nitrogen and oxygen atoms in total. The Balaban J connectivity index is 1.40. The van der Waals surface area contributed by atoms with Gasteiger partial charge in [0.05, 0.1) is 10.7 Å². The highest BCUT2D eigenvalue weighted by atomic mass is 32.1. The third-order valence-electron chi connectivity index (χ3n) is 4.07. The molecule has 134 valence electrons. The van der Waals surface area contributed by atoms with Crippen molar-refractivity contribution in [1.82, 2.24) is 15.6 Å². The first-order valence-corrected chi connectivity index (χ1v) is 9.23. The zero-order valence-electron chi connectivity index (χ0n) is 14.9. The molecular weight excluding hydrogens is 336 g/mol. The zero-order valence-corrected chi connectivity index (χ0v) is 15.7. The average Bonchev–Trinajstić information content (AvgIpc) is 3.19. The lowest BCUT2D eigenvalue weighted by Gasteiger charge is -2.11. The molecule has 0 amide bonds. The summed E-state index contributed by atoms with van der Waals surface area (Å²) < 4.78 is 10.7. The van der Waals surface area contributed by atoms with Crippen LogP contribution in [0.1, 0.15) is 21.1 Å². The molecule has 0 unspecified atom stereocenters. The molecule has 0 atom stereocenters. The van der Waals surface area contributed by atoms with E-state index in [4.69, 9.17) is 9.47 Å². The van der Waals surface area contributed by atoms with Crippen molar-refractivity contribution in [2.24, 2.45) is 4.99 Å². The van der Waals surface area contributed by atoms with Crippen LogP contribution in [0.4, 0.5) is 0 Å². The Kier molecular flexibility index (Phi) is 5.75. The minimum atomic E-state index is 0.311. The number of nitrogens with one attached hydrogen (secondary N) is 2. The maximum atomic E-state index is 5.41. The highest BCUT2D eigenvalue weighted by Crippen LogP contribution is 2.32. The van der Waals surface area contributed by atoms with Crippen molar-refractivity contribution in [2.75, 3.05) is 26.9 Å². The second-order valence-electron chi connectivity index (χ2n) is 5.86. The molecule has 0 aliphatic carbocycles. The van der Waals surface area contributed by atoms with E-state index in [-0.39, 0.29) is 0 Å². The normalized spacial score (nSPS) is 13.2. The Bertz CT molecular complexity index is 738. The fourth-order valence-electron chi connectivity index (χ4n) is 2.58. The summed E-state index contributed by atoms with van der Waals surface area (Å²) in [5, 5.41) is 7.84. The Labute approximate surface area is 152 Å². The minimum absolute atomic E-state index is 0.311. The summed E-state index contributed by atoms with van der Waals surface area (Å²) in [6.45, 7) is 6.09. The van der Waals surface area contributed by atoms with Gasteiger partial charge in [-0.3, -0.25) is 4.99 Å². The number of ether oxygens (including phenoxy) is 2. The van der Waals surface area contributed by atoms with Gasteiger partial charge in [-0.25, -0.2) is 4.98 Å². The van der Waals surface area contributed by atoms with Gasteiger partial charge in [0.2, 0.25) is 6.79 Å². The van der Waals surface area contributed by atoms with E-state index < -0.39 is 0 Å². The molecule has 2 aromatic rings. The van der Waals surface area contributed by atoms with Gasteiger partial charge in [-0.05, 0) is 38.0 Å². The summed E-state index contributed by atoms with van der Waals surface area (Å²) in [5.41, 5.74) is 2.34. The second kappa shape index (κ2) is 8.20. The van der Waals surface area contributed by atoms with E-state index in [1.165, 1.54) is 15.4 Å². The highest BCUT2D eigenvalue weighted by molar-refractivity contribution is 7.11. The Morgan fingerprint density at radius 2 is 1.92 bits per heavy atom. The van der Waals surface area contributed by atoms with E-state index in [0.29, 0.717) is 6.79 Å². The van der Waals surface area contributed by atoms with E-state index in [1.54, 1.807) is 18.4 Å². The van der Waals surface area contributed by atoms with Gasteiger partial charge in [-0.1, -0.05) is 6.07 Å². The molecule has 3 rings (SSSR count). The van der Waals surface area contributed by atoms with Gasteiger partial charge >= 0.3 is 0 Å². The van der Waals surface area contributed by atoms with Crippen LogP contribution in [0.25, 0.3) is 0 Å². The number of hydrogen-bond acceptors (Lipinski definition) is 5. The molecule has 2 heterocycles. The number of aliphatic imine (C=N–C) groups is 1. The molecule has 0 saturated heterocycles. The first-order valence-electron chi connectivity index (χ1n) is 8.41. The Morgan fingerprint density at radius 3 is 2.64 bits per heavy atom. The van der Waals surface area contributed by atoms with Crippen molar-refractivity contribution in [3.8, 4) is 11.5 Å². The maximum Gasteiger partial charge on any atom is 0.231 e. The number of rotatable bonds is 6. The third kappa shape index (κ3) is 4.63. The van der Waals surface area contributed by atoms with E-state index in [0.717, 1.165) is 49.1 Å². The van der Waals surface area contributed by atoms with Crippen LogP contribution < -0.4 is 20.1 Å². The number of hydrogen-bond donors (Lipinski definition) is 2. The molecule has 1 aliphatic rings. The largest absolute Gasteiger partial charge is 0.454 e. The molecule has 0 spiro atoms. The van der Waals surface area contributed by atoms with Crippen molar-refractivity contribution in [1.29, 1.82) is 0 Å². The minimum Gasteiger partial charge on any atom is -0.454 e. The van der Waals surface area contributed by atoms with Gasteiger partial charge in [0, 0.05) is 31.4 Å². The highest BCUT2D eigenvalue weighted by Gasteiger charge is 2.13. The monoisotopic (exact) mass is 360 g/mol. The van der Waals surface area contributed by atoms with Crippen LogP contribution in [-0.4, -0.2) is 37.9 Å².